The average Bonchev–Trinajstić information content (AvgIpc) is 3.41. The molecule has 1 aromatic rings. The molecule has 4 rings (SSSR count). The summed E-state index contributed by atoms with van der Waals surface area (Å²) in [5, 5.41) is 3.11. The number of carbonyl (C=O) groups is 1. The van der Waals surface area contributed by atoms with Crippen molar-refractivity contribution in [1.82, 2.24) is 14.9 Å². The van der Waals surface area contributed by atoms with Gasteiger partial charge in [-0.15, -0.1) is 0 Å². The Morgan fingerprint density at radius 3 is 2.45 bits per heavy atom. The number of amides is 1. The minimum absolute atomic E-state index is 0.0178. The van der Waals surface area contributed by atoms with Gasteiger partial charge in [0, 0.05) is 50.7 Å². The van der Waals surface area contributed by atoms with Gasteiger partial charge in [0.15, 0.2) is 0 Å². The summed E-state index contributed by atoms with van der Waals surface area (Å²) < 4.78 is 38.2. The summed E-state index contributed by atoms with van der Waals surface area (Å²) in [6, 6.07) is 7.19. The predicted octanol–water partition coefficient (Wildman–Crippen LogP) is 0.913. The average molecular weight is 452 g/mol. The maximum atomic E-state index is 12.5. The quantitative estimate of drug-likeness (QED) is 0.549. The van der Waals surface area contributed by atoms with Crippen LogP contribution >= 0.6 is 0 Å². The Morgan fingerprint density at radius 1 is 1.06 bits per heavy atom. The lowest BCUT2D eigenvalue weighted by Gasteiger charge is -2.37. The van der Waals surface area contributed by atoms with E-state index < -0.39 is 10.0 Å². The van der Waals surface area contributed by atoms with Crippen molar-refractivity contribution >= 4 is 15.9 Å². The highest BCUT2D eigenvalue weighted by atomic mass is 32.2. The van der Waals surface area contributed by atoms with Gasteiger partial charge in [0.05, 0.1) is 24.7 Å². The molecular weight excluding hydrogens is 418 g/mol. The molecule has 2 unspecified atom stereocenters. The fraction of sp³-hybridized carbons (Fsp3) is 0.682. The zero-order valence-corrected chi connectivity index (χ0v) is 18.7. The van der Waals surface area contributed by atoms with Crippen LogP contribution in [0.3, 0.4) is 0 Å². The van der Waals surface area contributed by atoms with Gasteiger partial charge in [0.1, 0.15) is 0 Å². The molecule has 3 fully saturated rings. The summed E-state index contributed by atoms with van der Waals surface area (Å²) in [7, 11) is -3.44. The Labute approximate surface area is 184 Å². The zero-order valence-electron chi connectivity index (χ0n) is 17.9. The van der Waals surface area contributed by atoms with Gasteiger partial charge in [0.25, 0.3) is 0 Å². The Morgan fingerprint density at radius 2 is 1.81 bits per heavy atom. The van der Waals surface area contributed by atoms with Crippen molar-refractivity contribution in [1.29, 1.82) is 0 Å². The van der Waals surface area contributed by atoms with E-state index in [-0.39, 0.29) is 22.9 Å². The van der Waals surface area contributed by atoms with E-state index >= 15 is 0 Å². The summed E-state index contributed by atoms with van der Waals surface area (Å²) in [6.45, 7) is 5.42. The molecule has 1 aliphatic carbocycles. The van der Waals surface area contributed by atoms with Crippen LogP contribution in [0.15, 0.2) is 29.2 Å². The molecule has 0 aromatic heterocycles. The van der Waals surface area contributed by atoms with E-state index in [1.807, 2.05) is 0 Å². The van der Waals surface area contributed by atoms with E-state index in [0.717, 1.165) is 64.3 Å². The summed E-state index contributed by atoms with van der Waals surface area (Å²) in [4.78, 5) is 15.2. The standard InChI is InChI=1S/C22H33N3O5S/c26-22(23-15-21(18-9-12-30-16-18)25-10-13-29-14-11-25)8-3-17-1-6-20(7-2-17)31(27,28)24-19-4-5-19/h1-2,6-7,18-19,21,24H,3-5,8-16H2,(H,23,26). The van der Waals surface area contributed by atoms with Crippen LogP contribution in [0, 0.1) is 5.92 Å². The molecule has 2 aliphatic heterocycles. The lowest BCUT2D eigenvalue weighted by Crippen LogP contribution is -2.52. The molecule has 31 heavy (non-hydrogen) atoms. The van der Waals surface area contributed by atoms with Gasteiger partial charge in [0.2, 0.25) is 15.9 Å². The SMILES string of the molecule is O=C(CCc1ccc(S(=O)(=O)NC2CC2)cc1)NCC(C1CCOC1)N1CCOCC1. The van der Waals surface area contributed by atoms with Gasteiger partial charge in [-0.25, -0.2) is 13.1 Å². The largest absolute Gasteiger partial charge is 0.381 e. The molecule has 172 valence electrons. The molecule has 1 saturated carbocycles. The van der Waals surface area contributed by atoms with E-state index in [9.17, 15) is 13.2 Å². The molecular formula is C22H33N3O5S. The van der Waals surface area contributed by atoms with Gasteiger partial charge in [-0.1, -0.05) is 12.1 Å². The molecule has 9 heteroatoms. The Kier molecular flexibility index (Phi) is 7.60. The third-order valence-corrected chi connectivity index (χ3v) is 7.84. The lowest BCUT2D eigenvalue weighted by molar-refractivity contribution is -0.121. The number of benzene rings is 1. The number of sulfonamides is 1. The first-order valence-electron chi connectivity index (χ1n) is 11.3. The first-order valence-corrected chi connectivity index (χ1v) is 12.8. The number of nitrogens with one attached hydrogen (secondary N) is 2. The van der Waals surface area contributed by atoms with Crippen molar-refractivity contribution in [3.05, 3.63) is 29.8 Å². The number of hydrogen-bond acceptors (Lipinski definition) is 6. The number of ether oxygens (including phenoxy) is 2. The molecule has 2 atom stereocenters. The monoisotopic (exact) mass is 451 g/mol. The Bertz CT molecular complexity index is 829. The third kappa shape index (κ3) is 6.49. The first-order chi connectivity index (χ1) is 15.0. The van der Waals surface area contributed by atoms with Crippen LogP contribution < -0.4 is 10.0 Å². The first kappa shape index (κ1) is 22.7. The topological polar surface area (TPSA) is 97.0 Å². The molecule has 0 spiro atoms. The van der Waals surface area contributed by atoms with Crippen molar-refractivity contribution in [3.63, 3.8) is 0 Å². The van der Waals surface area contributed by atoms with E-state index in [4.69, 9.17) is 9.47 Å². The highest BCUT2D eigenvalue weighted by Crippen LogP contribution is 2.23. The van der Waals surface area contributed by atoms with Gasteiger partial charge in [-0.3, -0.25) is 9.69 Å². The van der Waals surface area contributed by atoms with Gasteiger partial charge >= 0.3 is 0 Å². The highest BCUT2D eigenvalue weighted by Gasteiger charge is 2.32. The smallest absolute Gasteiger partial charge is 0.240 e. The van der Waals surface area contributed by atoms with Crippen LogP contribution in [-0.4, -0.2) is 77.4 Å². The fourth-order valence-corrected chi connectivity index (χ4v) is 5.55. The van der Waals surface area contributed by atoms with Crippen LogP contribution in [0.25, 0.3) is 0 Å². The predicted molar refractivity (Wildman–Crippen MR) is 116 cm³/mol. The summed E-state index contributed by atoms with van der Waals surface area (Å²) in [5.74, 6) is 0.460. The number of hydrogen-bond donors (Lipinski definition) is 2. The second-order valence-electron chi connectivity index (χ2n) is 8.68. The van der Waals surface area contributed by atoms with Crippen LogP contribution in [0.2, 0.25) is 0 Å². The Balaban J connectivity index is 1.25. The Hall–Kier alpha value is -1.52. The molecule has 2 N–H and O–H groups in total. The maximum absolute atomic E-state index is 12.5. The van der Waals surface area contributed by atoms with Crippen LogP contribution in [0.1, 0.15) is 31.2 Å². The van der Waals surface area contributed by atoms with Crippen LogP contribution in [0.5, 0.6) is 0 Å². The van der Waals surface area contributed by atoms with Crippen molar-refractivity contribution in [3.8, 4) is 0 Å². The maximum Gasteiger partial charge on any atom is 0.240 e. The highest BCUT2D eigenvalue weighted by molar-refractivity contribution is 7.89. The molecule has 2 saturated heterocycles. The number of rotatable bonds is 10. The number of carbonyl (C=O) groups excluding carboxylic acids is 1. The number of aryl methyl sites for hydroxylation is 1. The van der Waals surface area contributed by atoms with Crippen molar-refractivity contribution in [2.24, 2.45) is 5.92 Å². The van der Waals surface area contributed by atoms with Gasteiger partial charge in [-0.05, 0) is 43.4 Å². The normalized spacial score (nSPS) is 23.5. The zero-order chi connectivity index (χ0) is 21.7. The molecule has 0 radical (unpaired) electrons. The summed E-state index contributed by atoms with van der Waals surface area (Å²) in [6.07, 6.45) is 3.81. The molecule has 0 bridgehead atoms. The second-order valence-corrected chi connectivity index (χ2v) is 10.4. The van der Waals surface area contributed by atoms with Crippen molar-refractivity contribution < 1.29 is 22.7 Å². The minimum Gasteiger partial charge on any atom is -0.381 e. The molecule has 1 amide bonds. The number of nitrogens with zero attached hydrogens (tertiary/aromatic N) is 1. The van der Waals surface area contributed by atoms with Crippen LogP contribution in [0.4, 0.5) is 0 Å². The third-order valence-electron chi connectivity index (χ3n) is 6.31. The second kappa shape index (κ2) is 10.4. The molecule has 1 aromatic carbocycles. The lowest BCUT2D eigenvalue weighted by atomic mass is 9.96. The molecule has 2 heterocycles. The minimum atomic E-state index is -3.44. The number of morpholine rings is 1. The van der Waals surface area contributed by atoms with E-state index in [1.54, 1.807) is 24.3 Å². The van der Waals surface area contributed by atoms with Crippen molar-refractivity contribution in [2.45, 2.75) is 49.1 Å². The van der Waals surface area contributed by atoms with Crippen LogP contribution in [-0.2, 0) is 30.7 Å². The van der Waals surface area contributed by atoms with Gasteiger partial charge in [-0.2, -0.15) is 0 Å². The van der Waals surface area contributed by atoms with Crippen molar-refractivity contribution in [2.75, 3.05) is 46.1 Å². The fourth-order valence-electron chi connectivity index (χ4n) is 4.25. The molecule has 8 nitrogen and oxygen atoms in total. The van der Waals surface area contributed by atoms with E-state index in [1.165, 1.54) is 0 Å². The summed E-state index contributed by atoms with van der Waals surface area (Å²) >= 11 is 0. The van der Waals surface area contributed by atoms with E-state index in [0.29, 0.717) is 25.3 Å². The van der Waals surface area contributed by atoms with Gasteiger partial charge < -0.3 is 14.8 Å². The van der Waals surface area contributed by atoms with E-state index in [2.05, 4.69) is 14.9 Å². The molecule has 3 aliphatic rings. The summed E-state index contributed by atoms with van der Waals surface area (Å²) in [5.41, 5.74) is 0.953.